The Morgan fingerprint density at radius 3 is 1.69 bits per heavy atom. The monoisotopic (exact) mass is 622 g/mol. The molecule has 3 aromatic heterocycles. The first kappa shape index (κ1) is 27.6. The summed E-state index contributed by atoms with van der Waals surface area (Å²) < 4.78 is 4.52. The minimum atomic E-state index is 0.657. The Bertz CT molecular complexity index is 2890. The van der Waals surface area contributed by atoms with Gasteiger partial charge in [0.25, 0.3) is 0 Å². The van der Waals surface area contributed by atoms with Crippen LogP contribution < -0.4 is 5.46 Å². The molecule has 0 unspecified atom stereocenters. The molecule has 0 aliphatic heterocycles. The fourth-order valence-corrected chi connectivity index (χ4v) is 7.42. The molecule has 4 nitrogen and oxygen atoms in total. The van der Waals surface area contributed by atoms with E-state index in [1.54, 1.807) is 0 Å². The van der Waals surface area contributed by atoms with Gasteiger partial charge in [0.1, 0.15) is 7.85 Å². The molecule has 0 aliphatic carbocycles. The van der Waals surface area contributed by atoms with Gasteiger partial charge >= 0.3 is 0 Å². The summed E-state index contributed by atoms with van der Waals surface area (Å²) in [5, 5.41) is 5.66. The van der Waals surface area contributed by atoms with E-state index in [2.05, 4.69) is 149 Å². The van der Waals surface area contributed by atoms with Gasteiger partial charge in [0, 0.05) is 38.2 Å². The van der Waals surface area contributed by atoms with Gasteiger partial charge in [-0.15, -0.1) is 0 Å². The van der Waals surface area contributed by atoms with Gasteiger partial charge < -0.3 is 4.57 Å². The van der Waals surface area contributed by atoms with Gasteiger partial charge in [0.05, 0.1) is 33.3 Å². The molecule has 0 atom stereocenters. The predicted octanol–water partition coefficient (Wildman–Crippen LogP) is 9.95. The number of hydrogen-bond acceptors (Lipinski definition) is 2. The maximum absolute atomic E-state index is 6.33. The van der Waals surface area contributed by atoms with Crippen LogP contribution >= 0.6 is 0 Å². The van der Waals surface area contributed by atoms with E-state index in [0.29, 0.717) is 5.95 Å². The van der Waals surface area contributed by atoms with Gasteiger partial charge in [0.15, 0.2) is 0 Å². The number of hydrogen-bond donors (Lipinski definition) is 0. The van der Waals surface area contributed by atoms with E-state index in [0.717, 1.165) is 82.7 Å². The summed E-state index contributed by atoms with van der Waals surface area (Å²) in [6.07, 6.45) is 0. The van der Waals surface area contributed by atoms with Gasteiger partial charge in [-0.2, -0.15) is 0 Å². The molecule has 3 heterocycles. The average molecular weight is 623 g/mol. The molecule has 0 spiro atoms. The van der Waals surface area contributed by atoms with Gasteiger partial charge in [-0.25, -0.2) is 9.97 Å². The van der Waals surface area contributed by atoms with Gasteiger partial charge in [-0.3, -0.25) is 4.57 Å². The van der Waals surface area contributed by atoms with Crippen molar-refractivity contribution in [3.63, 3.8) is 0 Å². The molecule has 7 aromatic carbocycles. The van der Waals surface area contributed by atoms with E-state index in [9.17, 15) is 0 Å². The Balaban J connectivity index is 1.19. The Kier molecular flexibility index (Phi) is 6.09. The second kappa shape index (κ2) is 10.8. The van der Waals surface area contributed by atoms with Crippen molar-refractivity contribution in [2.45, 2.75) is 0 Å². The topological polar surface area (TPSA) is 35.6 Å². The molecule has 5 heteroatoms. The van der Waals surface area contributed by atoms with E-state index in [1.807, 2.05) is 24.3 Å². The number of para-hydroxylation sites is 3. The van der Waals surface area contributed by atoms with Crippen LogP contribution in [0.25, 0.3) is 88.5 Å². The van der Waals surface area contributed by atoms with E-state index >= 15 is 0 Å². The van der Waals surface area contributed by atoms with Gasteiger partial charge in [-0.1, -0.05) is 115 Å². The second-order valence-corrected chi connectivity index (χ2v) is 12.5. The summed E-state index contributed by atoms with van der Waals surface area (Å²) in [5.41, 5.74) is 11.5. The van der Waals surface area contributed by atoms with Crippen LogP contribution in [0.3, 0.4) is 0 Å². The number of benzene rings is 7. The highest BCUT2D eigenvalue weighted by Gasteiger charge is 2.19. The van der Waals surface area contributed by atoms with E-state index in [4.69, 9.17) is 17.8 Å². The summed E-state index contributed by atoms with van der Waals surface area (Å²) in [6.45, 7) is 0. The zero-order chi connectivity index (χ0) is 32.5. The van der Waals surface area contributed by atoms with Crippen LogP contribution in [-0.4, -0.2) is 26.9 Å². The number of fused-ring (bicyclic) bond motifs is 7. The Hall–Kier alpha value is -6.46. The number of nitrogens with zero attached hydrogens (tertiary/aromatic N) is 4. The minimum Gasteiger partial charge on any atom is -0.309 e. The third-order valence-corrected chi connectivity index (χ3v) is 9.65. The summed E-state index contributed by atoms with van der Waals surface area (Å²) in [7, 11) is 6.33. The van der Waals surface area contributed by atoms with E-state index in [-0.39, 0.29) is 0 Å². The van der Waals surface area contributed by atoms with Crippen molar-refractivity contribution in [1.82, 2.24) is 19.1 Å². The van der Waals surface area contributed by atoms with Crippen LogP contribution in [0.4, 0.5) is 0 Å². The van der Waals surface area contributed by atoms with Crippen molar-refractivity contribution in [2.24, 2.45) is 0 Å². The lowest BCUT2D eigenvalue weighted by atomic mass is 9.94. The Labute approximate surface area is 283 Å². The first-order valence-electron chi connectivity index (χ1n) is 16.5. The van der Waals surface area contributed by atoms with Crippen molar-refractivity contribution < 1.29 is 0 Å². The summed E-state index contributed by atoms with van der Waals surface area (Å²) >= 11 is 0. The molecular weight excluding hydrogens is 595 g/mol. The third-order valence-electron chi connectivity index (χ3n) is 9.65. The average Bonchev–Trinajstić information content (AvgIpc) is 3.67. The van der Waals surface area contributed by atoms with Crippen molar-refractivity contribution in [3.8, 4) is 34.0 Å². The van der Waals surface area contributed by atoms with Crippen LogP contribution in [0.15, 0.2) is 164 Å². The molecule has 0 saturated carbocycles. The molecule has 10 aromatic rings. The summed E-state index contributed by atoms with van der Waals surface area (Å²) in [4.78, 5) is 10.4. The van der Waals surface area contributed by atoms with E-state index in [1.165, 1.54) is 5.39 Å². The van der Waals surface area contributed by atoms with Crippen molar-refractivity contribution in [1.29, 1.82) is 0 Å². The van der Waals surface area contributed by atoms with E-state index < -0.39 is 0 Å². The molecule has 0 N–H and O–H groups in total. The van der Waals surface area contributed by atoms with Crippen LogP contribution in [-0.2, 0) is 0 Å². The Morgan fingerprint density at radius 2 is 0.939 bits per heavy atom. The highest BCUT2D eigenvalue weighted by Crippen LogP contribution is 2.38. The van der Waals surface area contributed by atoms with Crippen LogP contribution in [0.1, 0.15) is 0 Å². The Morgan fingerprint density at radius 1 is 0.388 bits per heavy atom. The fraction of sp³-hybridized carbons (Fsp3) is 0. The number of rotatable bonds is 4. The molecule has 0 saturated heterocycles. The SMILES string of the molecule is [B]c1ccc2c(c1)c1cc(-c3ccc4c(c3)c3ccccc3n4-c3nc(-c4ccccc4)c4ccccc4n3)ccc1n2-c1ccccc1. The van der Waals surface area contributed by atoms with Crippen molar-refractivity contribution in [3.05, 3.63) is 164 Å². The fourth-order valence-electron chi connectivity index (χ4n) is 7.42. The zero-order valence-electron chi connectivity index (χ0n) is 26.5. The van der Waals surface area contributed by atoms with Crippen molar-refractivity contribution in [2.75, 3.05) is 0 Å². The quantitative estimate of drug-likeness (QED) is 0.183. The maximum Gasteiger partial charge on any atom is 0.235 e. The molecule has 0 bridgehead atoms. The molecule has 0 amide bonds. The first-order valence-corrected chi connectivity index (χ1v) is 16.5. The summed E-state index contributed by atoms with van der Waals surface area (Å²) in [5.74, 6) is 0.657. The maximum atomic E-state index is 6.33. The normalized spacial score (nSPS) is 11.8. The van der Waals surface area contributed by atoms with Crippen molar-refractivity contribution >= 4 is 67.8 Å². The largest absolute Gasteiger partial charge is 0.309 e. The molecular formula is C44H27BN4. The van der Waals surface area contributed by atoms with Crippen LogP contribution in [0.2, 0.25) is 0 Å². The standard InChI is InChI=1S/C44H27BN4/c45-31-21-24-41-37(27-31)36-26-30(19-22-40(36)48(41)32-13-5-2-6-14-32)29-20-23-42-35(25-29)33-15-8-10-18-39(33)49(42)44-46-38-17-9-7-16-34(38)43(47-44)28-11-3-1-4-12-28/h1-27H. The summed E-state index contributed by atoms with van der Waals surface area (Å²) in [6, 6.07) is 57.3. The second-order valence-electron chi connectivity index (χ2n) is 12.5. The molecule has 2 radical (unpaired) electrons. The van der Waals surface area contributed by atoms with Crippen LogP contribution in [0, 0.1) is 0 Å². The van der Waals surface area contributed by atoms with Gasteiger partial charge in [-0.05, 0) is 65.7 Å². The van der Waals surface area contributed by atoms with Crippen LogP contribution in [0.5, 0.6) is 0 Å². The first-order chi connectivity index (χ1) is 24.2. The number of aromatic nitrogens is 4. The lowest BCUT2D eigenvalue weighted by molar-refractivity contribution is 1.01. The lowest BCUT2D eigenvalue weighted by Gasteiger charge is -2.12. The third kappa shape index (κ3) is 4.33. The highest BCUT2D eigenvalue weighted by atomic mass is 15.2. The minimum absolute atomic E-state index is 0.657. The predicted molar refractivity (Wildman–Crippen MR) is 204 cm³/mol. The molecule has 0 aliphatic rings. The molecule has 10 rings (SSSR count). The highest BCUT2D eigenvalue weighted by molar-refractivity contribution is 6.34. The molecule has 0 fully saturated rings. The molecule has 226 valence electrons. The molecule has 49 heavy (non-hydrogen) atoms. The zero-order valence-corrected chi connectivity index (χ0v) is 26.5. The smallest absolute Gasteiger partial charge is 0.235 e. The van der Waals surface area contributed by atoms with Gasteiger partial charge in [0.2, 0.25) is 5.95 Å². The lowest BCUT2D eigenvalue weighted by Crippen LogP contribution is -2.03.